The quantitative estimate of drug-likeness (QED) is 0.721. The van der Waals surface area contributed by atoms with Gasteiger partial charge in [0.05, 0.1) is 6.61 Å². The van der Waals surface area contributed by atoms with Crippen LogP contribution in [-0.4, -0.2) is 25.7 Å². The van der Waals surface area contributed by atoms with Gasteiger partial charge in [0.2, 0.25) is 5.91 Å². The van der Waals surface area contributed by atoms with Crippen molar-refractivity contribution in [2.75, 3.05) is 25.1 Å². The van der Waals surface area contributed by atoms with Crippen molar-refractivity contribution in [3.8, 4) is 17.2 Å². The van der Waals surface area contributed by atoms with Crippen LogP contribution in [0.1, 0.15) is 31.7 Å². The molecule has 0 radical (unpaired) electrons. The van der Waals surface area contributed by atoms with E-state index in [-0.39, 0.29) is 5.91 Å². The number of carbonyl (C=O) groups excluding carboxylic acids is 1. The van der Waals surface area contributed by atoms with Gasteiger partial charge >= 0.3 is 0 Å². The largest absolute Gasteiger partial charge is 0.494 e. The van der Waals surface area contributed by atoms with Gasteiger partial charge in [0.1, 0.15) is 19.0 Å². The summed E-state index contributed by atoms with van der Waals surface area (Å²) in [5, 5.41) is 2.88. The van der Waals surface area contributed by atoms with E-state index in [2.05, 4.69) is 24.4 Å². The fraction of sp³-hybridized carbons (Fsp3) is 0.381. The Balaban J connectivity index is 1.39. The molecular weight excluding hydrogens is 330 g/mol. The van der Waals surface area contributed by atoms with Crippen LogP contribution in [-0.2, 0) is 11.2 Å². The Kier molecular flexibility index (Phi) is 6.36. The summed E-state index contributed by atoms with van der Waals surface area (Å²) in [6.07, 6.45) is 3.29. The van der Waals surface area contributed by atoms with E-state index in [0.29, 0.717) is 49.8 Å². The maximum Gasteiger partial charge on any atom is 0.224 e. The number of amides is 1. The molecule has 0 spiro atoms. The lowest BCUT2D eigenvalue weighted by atomic mass is 10.1. The summed E-state index contributed by atoms with van der Waals surface area (Å²) in [5.41, 5.74) is 2.03. The molecule has 1 N–H and O–H groups in total. The Morgan fingerprint density at radius 3 is 2.62 bits per heavy atom. The SMILES string of the molecule is CCCc1ccc(OCCCC(=O)Nc2ccc3c(c2)OCCO3)cc1. The Bertz CT molecular complexity index is 727. The van der Waals surface area contributed by atoms with E-state index in [4.69, 9.17) is 14.2 Å². The smallest absolute Gasteiger partial charge is 0.224 e. The van der Waals surface area contributed by atoms with Crippen molar-refractivity contribution in [3.05, 3.63) is 48.0 Å². The maximum absolute atomic E-state index is 12.1. The molecule has 0 atom stereocenters. The van der Waals surface area contributed by atoms with E-state index in [1.165, 1.54) is 5.56 Å². The number of hydrogen-bond acceptors (Lipinski definition) is 4. The van der Waals surface area contributed by atoms with E-state index in [1.807, 2.05) is 24.3 Å². The third-order valence-corrected chi connectivity index (χ3v) is 4.10. The molecule has 0 aliphatic carbocycles. The molecular formula is C21H25NO4. The second-order valence-corrected chi connectivity index (χ2v) is 6.25. The lowest BCUT2D eigenvalue weighted by molar-refractivity contribution is -0.116. The Labute approximate surface area is 154 Å². The average molecular weight is 355 g/mol. The zero-order valence-electron chi connectivity index (χ0n) is 15.1. The summed E-state index contributed by atoms with van der Waals surface area (Å²) < 4.78 is 16.7. The van der Waals surface area contributed by atoms with Gasteiger partial charge in [-0.25, -0.2) is 0 Å². The van der Waals surface area contributed by atoms with Gasteiger partial charge in [0.15, 0.2) is 11.5 Å². The Hall–Kier alpha value is -2.69. The van der Waals surface area contributed by atoms with Crippen LogP contribution in [0.4, 0.5) is 5.69 Å². The molecule has 0 bridgehead atoms. The minimum atomic E-state index is -0.0384. The fourth-order valence-electron chi connectivity index (χ4n) is 2.81. The molecule has 1 aliphatic heterocycles. The van der Waals surface area contributed by atoms with Gasteiger partial charge in [-0.2, -0.15) is 0 Å². The van der Waals surface area contributed by atoms with Crippen molar-refractivity contribution >= 4 is 11.6 Å². The van der Waals surface area contributed by atoms with Gasteiger partial charge < -0.3 is 19.5 Å². The highest BCUT2D eigenvalue weighted by molar-refractivity contribution is 5.91. The highest BCUT2D eigenvalue weighted by Gasteiger charge is 2.12. The van der Waals surface area contributed by atoms with Crippen LogP contribution in [0.25, 0.3) is 0 Å². The van der Waals surface area contributed by atoms with Crippen LogP contribution in [0.2, 0.25) is 0 Å². The predicted molar refractivity (Wildman–Crippen MR) is 101 cm³/mol. The van der Waals surface area contributed by atoms with Crippen molar-refractivity contribution in [1.29, 1.82) is 0 Å². The normalized spacial score (nSPS) is 12.5. The summed E-state index contributed by atoms with van der Waals surface area (Å²) >= 11 is 0. The van der Waals surface area contributed by atoms with E-state index in [0.717, 1.165) is 18.6 Å². The molecule has 1 amide bonds. The zero-order valence-corrected chi connectivity index (χ0v) is 15.1. The molecule has 2 aromatic rings. The van der Waals surface area contributed by atoms with Crippen molar-refractivity contribution in [3.63, 3.8) is 0 Å². The number of aryl methyl sites for hydroxylation is 1. The summed E-state index contributed by atoms with van der Waals surface area (Å²) in [6, 6.07) is 13.6. The number of benzene rings is 2. The molecule has 2 aromatic carbocycles. The average Bonchev–Trinajstić information content (AvgIpc) is 2.67. The van der Waals surface area contributed by atoms with Gasteiger partial charge in [-0.05, 0) is 42.7 Å². The van der Waals surface area contributed by atoms with Crippen molar-refractivity contribution in [1.82, 2.24) is 0 Å². The molecule has 138 valence electrons. The van der Waals surface area contributed by atoms with Gasteiger partial charge in [-0.1, -0.05) is 25.5 Å². The number of carbonyl (C=O) groups is 1. The van der Waals surface area contributed by atoms with Gasteiger partial charge in [0, 0.05) is 18.2 Å². The molecule has 5 heteroatoms. The van der Waals surface area contributed by atoms with Gasteiger partial charge in [0.25, 0.3) is 0 Å². The molecule has 0 unspecified atom stereocenters. The second-order valence-electron chi connectivity index (χ2n) is 6.25. The first-order valence-corrected chi connectivity index (χ1v) is 9.16. The molecule has 0 saturated carbocycles. The van der Waals surface area contributed by atoms with Crippen LogP contribution in [0.3, 0.4) is 0 Å². The first-order chi connectivity index (χ1) is 12.7. The van der Waals surface area contributed by atoms with Crippen molar-refractivity contribution in [2.24, 2.45) is 0 Å². The van der Waals surface area contributed by atoms with E-state index < -0.39 is 0 Å². The van der Waals surface area contributed by atoms with Crippen molar-refractivity contribution < 1.29 is 19.0 Å². The molecule has 0 saturated heterocycles. The number of ether oxygens (including phenoxy) is 3. The third kappa shape index (κ3) is 5.15. The van der Waals surface area contributed by atoms with Crippen molar-refractivity contribution in [2.45, 2.75) is 32.6 Å². The Morgan fingerprint density at radius 1 is 1.08 bits per heavy atom. The number of nitrogens with one attached hydrogen (secondary N) is 1. The first kappa shape index (κ1) is 18.1. The standard InChI is InChI=1S/C21H25NO4/c1-2-4-16-6-9-18(10-7-16)24-12-3-5-21(23)22-17-8-11-19-20(15-17)26-14-13-25-19/h6-11,15H,2-5,12-14H2,1H3,(H,22,23). The van der Waals surface area contributed by atoms with E-state index in [9.17, 15) is 4.79 Å². The van der Waals surface area contributed by atoms with Crippen LogP contribution >= 0.6 is 0 Å². The lowest BCUT2D eigenvalue weighted by Gasteiger charge is -2.19. The summed E-state index contributed by atoms with van der Waals surface area (Å²) in [6.45, 7) is 3.77. The molecule has 0 fully saturated rings. The van der Waals surface area contributed by atoms with Crippen LogP contribution < -0.4 is 19.5 Å². The fourth-order valence-corrected chi connectivity index (χ4v) is 2.81. The minimum absolute atomic E-state index is 0.0384. The van der Waals surface area contributed by atoms with Crippen LogP contribution in [0.5, 0.6) is 17.2 Å². The van der Waals surface area contributed by atoms with Crippen LogP contribution in [0.15, 0.2) is 42.5 Å². The molecule has 1 aliphatic rings. The summed E-state index contributed by atoms with van der Waals surface area (Å²) in [5.74, 6) is 2.19. The number of rotatable bonds is 8. The summed E-state index contributed by atoms with van der Waals surface area (Å²) in [4.78, 5) is 12.1. The molecule has 0 aromatic heterocycles. The molecule has 1 heterocycles. The van der Waals surface area contributed by atoms with Gasteiger partial charge in [-0.3, -0.25) is 4.79 Å². The van der Waals surface area contributed by atoms with E-state index >= 15 is 0 Å². The predicted octanol–water partition coefficient (Wildman–Crippen LogP) is 4.21. The lowest BCUT2D eigenvalue weighted by Crippen LogP contribution is -2.16. The first-order valence-electron chi connectivity index (χ1n) is 9.16. The second kappa shape index (κ2) is 9.13. The highest BCUT2D eigenvalue weighted by atomic mass is 16.6. The minimum Gasteiger partial charge on any atom is -0.494 e. The monoisotopic (exact) mass is 355 g/mol. The zero-order chi connectivity index (χ0) is 18.2. The number of hydrogen-bond donors (Lipinski definition) is 1. The highest BCUT2D eigenvalue weighted by Crippen LogP contribution is 2.32. The molecule has 3 rings (SSSR count). The number of anilines is 1. The van der Waals surface area contributed by atoms with Gasteiger partial charge in [-0.15, -0.1) is 0 Å². The molecule has 26 heavy (non-hydrogen) atoms. The van der Waals surface area contributed by atoms with E-state index in [1.54, 1.807) is 6.07 Å². The summed E-state index contributed by atoms with van der Waals surface area (Å²) in [7, 11) is 0. The third-order valence-electron chi connectivity index (χ3n) is 4.10. The maximum atomic E-state index is 12.1. The molecule has 5 nitrogen and oxygen atoms in total. The Morgan fingerprint density at radius 2 is 1.85 bits per heavy atom. The van der Waals surface area contributed by atoms with Crippen LogP contribution in [0, 0.1) is 0 Å². The topological polar surface area (TPSA) is 56.8 Å². The number of fused-ring (bicyclic) bond motifs is 1.